The molecule has 2 aromatic carbocycles. The van der Waals surface area contributed by atoms with E-state index >= 15 is 0 Å². The van der Waals surface area contributed by atoms with Crippen molar-refractivity contribution in [3.05, 3.63) is 65.4 Å². The molecule has 1 fully saturated rings. The van der Waals surface area contributed by atoms with Crippen LogP contribution in [0.15, 0.2) is 59.0 Å². The fourth-order valence-corrected chi connectivity index (χ4v) is 3.59. The molecule has 1 aliphatic heterocycles. The Morgan fingerprint density at radius 1 is 1.04 bits per heavy atom. The van der Waals surface area contributed by atoms with Crippen LogP contribution in [0.4, 0.5) is 5.69 Å². The number of piperazine rings is 1. The Kier molecular flexibility index (Phi) is 5.32. The number of nitrogens with one attached hydrogen (secondary N) is 1. The van der Waals surface area contributed by atoms with Gasteiger partial charge in [0.15, 0.2) is 5.76 Å². The smallest absolute Gasteiger partial charge is 0.287 e. The van der Waals surface area contributed by atoms with Crippen molar-refractivity contribution in [1.29, 1.82) is 0 Å². The summed E-state index contributed by atoms with van der Waals surface area (Å²) in [6.45, 7) is 5.43. The number of fused-ring (bicyclic) bond motifs is 1. The van der Waals surface area contributed by atoms with Crippen LogP contribution in [0.25, 0.3) is 11.0 Å². The largest absolute Gasteiger partial charge is 0.451 e. The molecule has 1 N–H and O–H groups in total. The summed E-state index contributed by atoms with van der Waals surface area (Å²) >= 11 is 5.98. The Labute approximate surface area is 163 Å². The van der Waals surface area contributed by atoms with Crippen LogP contribution in [0.1, 0.15) is 10.6 Å². The molecule has 1 aliphatic rings. The highest BCUT2D eigenvalue weighted by molar-refractivity contribution is 6.31. The minimum Gasteiger partial charge on any atom is -0.451 e. The first-order valence-electron chi connectivity index (χ1n) is 9.19. The lowest BCUT2D eigenvalue weighted by Crippen LogP contribution is -2.48. The summed E-state index contributed by atoms with van der Waals surface area (Å²) in [4.78, 5) is 17.1. The number of nitrogens with zero attached hydrogens (tertiary/aromatic N) is 2. The molecule has 0 aliphatic carbocycles. The maximum atomic E-state index is 12.3. The normalized spacial score (nSPS) is 15.2. The van der Waals surface area contributed by atoms with Gasteiger partial charge in [0, 0.05) is 55.4 Å². The zero-order chi connectivity index (χ0) is 18.6. The molecule has 2 heterocycles. The average Bonchev–Trinajstić information content (AvgIpc) is 3.12. The SMILES string of the molecule is O=C(NCCN1CCN(c2ccccc2)CC1)c1cc2cc(Cl)ccc2o1. The predicted molar refractivity (Wildman–Crippen MR) is 109 cm³/mol. The quantitative estimate of drug-likeness (QED) is 0.730. The summed E-state index contributed by atoms with van der Waals surface area (Å²) in [5, 5.41) is 4.41. The third kappa shape index (κ3) is 4.26. The molecule has 0 unspecified atom stereocenters. The van der Waals surface area contributed by atoms with Gasteiger partial charge >= 0.3 is 0 Å². The molecule has 0 radical (unpaired) electrons. The van der Waals surface area contributed by atoms with Crippen molar-refractivity contribution in [2.45, 2.75) is 0 Å². The van der Waals surface area contributed by atoms with Gasteiger partial charge in [-0.05, 0) is 36.4 Å². The first-order chi connectivity index (χ1) is 13.2. The zero-order valence-corrected chi connectivity index (χ0v) is 15.8. The molecule has 4 rings (SSSR count). The van der Waals surface area contributed by atoms with Crippen molar-refractivity contribution in [3.8, 4) is 0 Å². The standard InChI is InChI=1S/C21H22ClN3O2/c22-17-6-7-19-16(14-17)15-20(27-19)21(26)23-8-9-24-10-12-25(13-11-24)18-4-2-1-3-5-18/h1-7,14-15H,8-13H2,(H,23,26). The van der Waals surface area contributed by atoms with E-state index in [1.54, 1.807) is 24.3 Å². The van der Waals surface area contributed by atoms with Crippen LogP contribution in [-0.2, 0) is 0 Å². The van der Waals surface area contributed by atoms with Crippen LogP contribution in [0.5, 0.6) is 0 Å². The number of benzene rings is 2. The summed E-state index contributed by atoms with van der Waals surface area (Å²) in [5.74, 6) is 0.131. The number of amides is 1. The molecule has 0 spiro atoms. The van der Waals surface area contributed by atoms with Gasteiger partial charge < -0.3 is 14.6 Å². The molecule has 0 bridgehead atoms. The first kappa shape index (κ1) is 17.9. The van der Waals surface area contributed by atoms with Gasteiger partial charge in [0.2, 0.25) is 0 Å². The lowest BCUT2D eigenvalue weighted by molar-refractivity contribution is 0.0922. The Bertz CT molecular complexity index is 918. The predicted octanol–water partition coefficient (Wildman–Crippen LogP) is 3.64. The number of anilines is 1. The van der Waals surface area contributed by atoms with E-state index < -0.39 is 0 Å². The van der Waals surface area contributed by atoms with Crippen molar-refractivity contribution in [2.24, 2.45) is 0 Å². The highest BCUT2D eigenvalue weighted by Gasteiger charge is 2.17. The van der Waals surface area contributed by atoms with E-state index in [0.717, 1.165) is 38.1 Å². The van der Waals surface area contributed by atoms with Crippen LogP contribution in [0.3, 0.4) is 0 Å². The highest BCUT2D eigenvalue weighted by Crippen LogP contribution is 2.23. The Balaban J connectivity index is 1.24. The van der Waals surface area contributed by atoms with E-state index in [4.69, 9.17) is 16.0 Å². The Morgan fingerprint density at radius 2 is 1.81 bits per heavy atom. The number of carbonyl (C=O) groups is 1. The molecule has 1 saturated heterocycles. The van der Waals surface area contributed by atoms with E-state index in [-0.39, 0.29) is 5.91 Å². The molecule has 140 valence electrons. The molecule has 6 heteroatoms. The van der Waals surface area contributed by atoms with Gasteiger partial charge in [-0.2, -0.15) is 0 Å². The number of hydrogen-bond acceptors (Lipinski definition) is 4. The highest BCUT2D eigenvalue weighted by atomic mass is 35.5. The molecule has 1 aromatic heterocycles. The molecule has 27 heavy (non-hydrogen) atoms. The number of hydrogen-bond donors (Lipinski definition) is 1. The van der Waals surface area contributed by atoms with Gasteiger partial charge in [0.05, 0.1) is 0 Å². The molecule has 1 amide bonds. The summed E-state index contributed by atoms with van der Waals surface area (Å²) in [6.07, 6.45) is 0. The first-order valence-corrected chi connectivity index (χ1v) is 9.56. The van der Waals surface area contributed by atoms with Crippen molar-refractivity contribution < 1.29 is 9.21 Å². The number of carbonyl (C=O) groups excluding carboxylic acids is 1. The van der Waals surface area contributed by atoms with E-state index in [1.807, 2.05) is 6.07 Å². The van der Waals surface area contributed by atoms with Crippen LogP contribution >= 0.6 is 11.6 Å². The fourth-order valence-electron chi connectivity index (χ4n) is 3.41. The number of rotatable bonds is 5. The van der Waals surface area contributed by atoms with Crippen LogP contribution in [0.2, 0.25) is 5.02 Å². The topological polar surface area (TPSA) is 48.7 Å². The Hall–Kier alpha value is -2.50. The van der Waals surface area contributed by atoms with Crippen molar-refractivity contribution in [3.63, 3.8) is 0 Å². The number of para-hydroxylation sites is 1. The van der Waals surface area contributed by atoms with E-state index in [0.29, 0.717) is 22.9 Å². The van der Waals surface area contributed by atoms with Crippen molar-refractivity contribution in [1.82, 2.24) is 10.2 Å². The molecule has 3 aromatic rings. The van der Waals surface area contributed by atoms with Gasteiger partial charge in [-0.1, -0.05) is 29.8 Å². The van der Waals surface area contributed by atoms with Gasteiger partial charge in [0.1, 0.15) is 5.58 Å². The Morgan fingerprint density at radius 3 is 2.59 bits per heavy atom. The minimum atomic E-state index is -0.190. The minimum absolute atomic E-state index is 0.190. The van der Waals surface area contributed by atoms with E-state index in [9.17, 15) is 4.79 Å². The molecule has 0 atom stereocenters. The van der Waals surface area contributed by atoms with Gasteiger partial charge in [0.25, 0.3) is 5.91 Å². The van der Waals surface area contributed by atoms with Crippen molar-refractivity contribution >= 4 is 34.2 Å². The van der Waals surface area contributed by atoms with Crippen molar-refractivity contribution in [2.75, 3.05) is 44.2 Å². The maximum absolute atomic E-state index is 12.3. The third-order valence-electron chi connectivity index (χ3n) is 4.91. The molecule has 5 nitrogen and oxygen atoms in total. The summed E-state index contributed by atoms with van der Waals surface area (Å²) in [5.41, 5.74) is 1.94. The summed E-state index contributed by atoms with van der Waals surface area (Å²) < 4.78 is 5.60. The average molecular weight is 384 g/mol. The van der Waals surface area contributed by atoms with Crippen LogP contribution in [-0.4, -0.2) is 50.1 Å². The second-order valence-corrected chi connectivity index (χ2v) is 7.15. The number of halogens is 1. The third-order valence-corrected chi connectivity index (χ3v) is 5.14. The van der Waals surface area contributed by atoms with E-state index in [2.05, 4.69) is 39.4 Å². The second-order valence-electron chi connectivity index (χ2n) is 6.71. The number of furan rings is 1. The lowest BCUT2D eigenvalue weighted by atomic mass is 10.2. The summed E-state index contributed by atoms with van der Waals surface area (Å²) in [6, 6.07) is 17.5. The molecular weight excluding hydrogens is 362 g/mol. The van der Waals surface area contributed by atoms with Gasteiger partial charge in [-0.3, -0.25) is 9.69 Å². The van der Waals surface area contributed by atoms with E-state index in [1.165, 1.54) is 5.69 Å². The zero-order valence-electron chi connectivity index (χ0n) is 15.0. The monoisotopic (exact) mass is 383 g/mol. The van der Waals surface area contributed by atoms with Crippen LogP contribution < -0.4 is 10.2 Å². The lowest BCUT2D eigenvalue weighted by Gasteiger charge is -2.36. The second kappa shape index (κ2) is 8.03. The van der Waals surface area contributed by atoms with Crippen LogP contribution in [0, 0.1) is 0 Å². The molecule has 0 saturated carbocycles. The summed E-state index contributed by atoms with van der Waals surface area (Å²) in [7, 11) is 0. The molecular formula is C21H22ClN3O2. The van der Waals surface area contributed by atoms with Gasteiger partial charge in [-0.25, -0.2) is 0 Å². The maximum Gasteiger partial charge on any atom is 0.287 e. The fraction of sp³-hybridized carbons (Fsp3) is 0.286. The van der Waals surface area contributed by atoms with Gasteiger partial charge in [-0.15, -0.1) is 0 Å².